The van der Waals surface area contributed by atoms with Crippen molar-refractivity contribution in [3.05, 3.63) is 35.8 Å². The summed E-state index contributed by atoms with van der Waals surface area (Å²) in [5, 5.41) is 8.88. The van der Waals surface area contributed by atoms with Gasteiger partial charge in [0.2, 0.25) is 0 Å². The number of fused-ring (bicyclic) bond motifs is 1. The lowest BCUT2D eigenvalue weighted by molar-refractivity contribution is -0.137. The fraction of sp³-hybridized carbons (Fsp3) is 0.222. The number of pyridine rings is 1. The Morgan fingerprint density at radius 1 is 1.33 bits per heavy atom. The molecule has 2 heterocycles. The first-order chi connectivity index (χ1) is 7.02. The number of aliphatic hydroxyl groups is 1. The van der Waals surface area contributed by atoms with Crippen LogP contribution in [-0.4, -0.2) is 14.5 Å². The van der Waals surface area contributed by atoms with Crippen molar-refractivity contribution in [2.24, 2.45) is 0 Å². The minimum absolute atomic E-state index is 0.330. The average Bonchev–Trinajstić information content (AvgIpc) is 2.57. The Balaban J connectivity index is 2.63. The molecule has 0 saturated heterocycles. The van der Waals surface area contributed by atoms with Gasteiger partial charge in [-0.25, -0.2) is 4.98 Å². The summed E-state index contributed by atoms with van der Waals surface area (Å²) in [5.74, 6) is 0. The highest BCUT2D eigenvalue weighted by Gasteiger charge is 2.30. The number of hydrogen-bond acceptors (Lipinski definition) is 2. The van der Waals surface area contributed by atoms with Crippen LogP contribution in [0.25, 0.3) is 5.65 Å². The van der Waals surface area contributed by atoms with E-state index in [1.165, 1.54) is 16.7 Å². The second kappa shape index (κ2) is 3.23. The molecule has 0 bridgehead atoms. The minimum Gasteiger partial charge on any atom is -0.390 e. The lowest BCUT2D eigenvalue weighted by Gasteiger charge is -2.07. The van der Waals surface area contributed by atoms with Crippen molar-refractivity contribution in [3.63, 3.8) is 0 Å². The third-order valence-corrected chi connectivity index (χ3v) is 2.07. The molecule has 0 aromatic carbocycles. The van der Waals surface area contributed by atoms with Crippen LogP contribution in [-0.2, 0) is 12.8 Å². The summed E-state index contributed by atoms with van der Waals surface area (Å²) in [7, 11) is 0. The van der Waals surface area contributed by atoms with E-state index in [4.69, 9.17) is 5.11 Å². The molecule has 0 fully saturated rings. The maximum atomic E-state index is 12.4. The summed E-state index contributed by atoms with van der Waals surface area (Å²) in [6.07, 6.45) is -2.12. The van der Waals surface area contributed by atoms with Gasteiger partial charge in [-0.15, -0.1) is 0 Å². The lowest BCUT2D eigenvalue weighted by Crippen LogP contribution is -2.06. The molecule has 0 amide bonds. The van der Waals surface area contributed by atoms with E-state index >= 15 is 0 Å². The van der Waals surface area contributed by atoms with Gasteiger partial charge in [0.25, 0.3) is 0 Å². The van der Waals surface area contributed by atoms with Crippen molar-refractivity contribution in [2.45, 2.75) is 12.8 Å². The van der Waals surface area contributed by atoms with Crippen LogP contribution < -0.4 is 0 Å². The topological polar surface area (TPSA) is 37.5 Å². The maximum absolute atomic E-state index is 12.4. The van der Waals surface area contributed by atoms with Crippen LogP contribution in [0.15, 0.2) is 24.5 Å². The predicted octanol–water partition coefficient (Wildman–Crippen LogP) is 1.85. The molecule has 3 nitrogen and oxygen atoms in total. The number of hydrogen-bond donors (Lipinski definition) is 1. The molecule has 0 aliphatic heterocycles. The smallest absolute Gasteiger partial charge is 0.390 e. The third-order valence-electron chi connectivity index (χ3n) is 2.07. The Bertz CT molecular complexity index is 490. The molecule has 0 saturated carbocycles. The van der Waals surface area contributed by atoms with Crippen LogP contribution in [0.4, 0.5) is 13.2 Å². The molecule has 2 aromatic rings. The third kappa shape index (κ3) is 1.68. The fourth-order valence-corrected chi connectivity index (χ4v) is 1.32. The Morgan fingerprint density at radius 3 is 2.67 bits per heavy atom. The lowest BCUT2D eigenvalue weighted by atomic mass is 10.3. The molecule has 2 aromatic heterocycles. The van der Waals surface area contributed by atoms with Gasteiger partial charge in [-0.3, -0.25) is 0 Å². The van der Waals surface area contributed by atoms with E-state index in [0.717, 1.165) is 12.3 Å². The van der Waals surface area contributed by atoms with Crippen molar-refractivity contribution in [3.8, 4) is 0 Å². The SMILES string of the molecule is OCc1cnc2ccc(C(F)(F)F)cn12. The molecule has 0 unspecified atom stereocenters. The fourth-order valence-electron chi connectivity index (χ4n) is 1.32. The number of nitrogens with zero attached hydrogens (tertiary/aromatic N) is 2. The molecule has 0 atom stereocenters. The highest BCUT2D eigenvalue weighted by atomic mass is 19.4. The summed E-state index contributed by atoms with van der Waals surface area (Å²) in [5.41, 5.74) is -0.0501. The second-order valence-electron chi connectivity index (χ2n) is 3.05. The van der Waals surface area contributed by atoms with Crippen LogP contribution in [0.1, 0.15) is 11.3 Å². The second-order valence-corrected chi connectivity index (χ2v) is 3.05. The van der Waals surface area contributed by atoms with Gasteiger partial charge in [-0.2, -0.15) is 13.2 Å². The number of aromatic nitrogens is 2. The number of alkyl halides is 3. The summed E-state index contributed by atoms with van der Waals surface area (Å²) in [6.45, 7) is -0.345. The number of rotatable bonds is 1. The van der Waals surface area contributed by atoms with E-state index in [1.807, 2.05) is 0 Å². The molecular weight excluding hydrogens is 209 g/mol. The number of halogens is 3. The van der Waals surface area contributed by atoms with Crippen molar-refractivity contribution in [2.75, 3.05) is 0 Å². The van der Waals surface area contributed by atoms with Crippen LogP contribution in [0.2, 0.25) is 0 Å². The highest BCUT2D eigenvalue weighted by Crippen LogP contribution is 2.29. The van der Waals surface area contributed by atoms with Gasteiger partial charge >= 0.3 is 6.18 Å². The van der Waals surface area contributed by atoms with Crippen LogP contribution >= 0.6 is 0 Å². The Hall–Kier alpha value is -1.56. The average molecular weight is 216 g/mol. The molecule has 0 aliphatic carbocycles. The molecular formula is C9H7F3N2O. The quantitative estimate of drug-likeness (QED) is 0.789. The summed E-state index contributed by atoms with van der Waals surface area (Å²) in [6, 6.07) is 2.23. The van der Waals surface area contributed by atoms with E-state index in [0.29, 0.717) is 11.3 Å². The maximum Gasteiger partial charge on any atom is 0.417 e. The van der Waals surface area contributed by atoms with Crippen molar-refractivity contribution in [1.82, 2.24) is 9.38 Å². The molecule has 6 heteroatoms. The van der Waals surface area contributed by atoms with E-state index in [-0.39, 0.29) is 6.61 Å². The summed E-state index contributed by atoms with van der Waals surface area (Å²) >= 11 is 0. The van der Waals surface area contributed by atoms with Crippen molar-refractivity contribution in [1.29, 1.82) is 0 Å². The standard InChI is InChI=1S/C9H7F3N2O/c10-9(11,12)6-1-2-8-13-3-7(5-15)14(8)4-6/h1-4,15H,5H2. The van der Waals surface area contributed by atoms with Gasteiger partial charge < -0.3 is 9.51 Å². The molecule has 80 valence electrons. The molecule has 0 radical (unpaired) electrons. The number of aliphatic hydroxyl groups excluding tert-OH is 1. The predicted molar refractivity (Wildman–Crippen MR) is 46.1 cm³/mol. The largest absolute Gasteiger partial charge is 0.417 e. The molecule has 0 spiro atoms. The van der Waals surface area contributed by atoms with Crippen LogP contribution in [0.5, 0.6) is 0 Å². The van der Waals surface area contributed by atoms with E-state index in [2.05, 4.69) is 4.98 Å². The van der Waals surface area contributed by atoms with Gasteiger partial charge in [0.05, 0.1) is 24.1 Å². The van der Waals surface area contributed by atoms with E-state index in [1.54, 1.807) is 0 Å². The first-order valence-corrected chi connectivity index (χ1v) is 4.16. The Labute approximate surface area is 82.8 Å². The normalized spacial score (nSPS) is 12.3. The zero-order valence-corrected chi connectivity index (χ0v) is 7.49. The van der Waals surface area contributed by atoms with Gasteiger partial charge in [-0.1, -0.05) is 0 Å². The van der Waals surface area contributed by atoms with E-state index in [9.17, 15) is 13.2 Å². The zero-order chi connectivity index (χ0) is 11.1. The summed E-state index contributed by atoms with van der Waals surface area (Å²) < 4.78 is 38.3. The van der Waals surface area contributed by atoms with Gasteiger partial charge in [0, 0.05) is 6.20 Å². The minimum atomic E-state index is -4.38. The number of imidazole rings is 1. The molecule has 2 rings (SSSR count). The van der Waals surface area contributed by atoms with Crippen molar-refractivity contribution >= 4 is 5.65 Å². The summed E-state index contributed by atoms with van der Waals surface area (Å²) in [4.78, 5) is 3.85. The molecule has 15 heavy (non-hydrogen) atoms. The van der Waals surface area contributed by atoms with E-state index < -0.39 is 11.7 Å². The van der Waals surface area contributed by atoms with Crippen LogP contribution in [0.3, 0.4) is 0 Å². The van der Waals surface area contributed by atoms with Crippen molar-refractivity contribution < 1.29 is 18.3 Å². The van der Waals surface area contributed by atoms with Gasteiger partial charge in [-0.05, 0) is 12.1 Å². The first-order valence-electron chi connectivity index (χ1n) is 4.16. The highest BCUT2D eigenvalue weighted by molar-refractivity contribution is 5.42. The Kier molecular flexibility index (Phi) is 2.15. The monoisotopic (exact) mass is 216 g/mol. The molecule has 0 aliphatic rings. The van der Waals surface area contributed by atoms with Crippen LogP contribution in [0, 0.1) is 0 Å². The van der Waals surface area contributed by atoms with Gasteiger partial charge in [0.15, 0.2) is 0 Å². The van der Waals surface area contributed by atoms with Gasteiger partial charge in [0.1, 0.15) is 5.65 Å². The zero-order valence-electron chi connectivity index (χ0n) is 7.49. The molecule has 1 N–H and O–H groups in total. The Morgan fingerprint density at radius 2 is 2.07 bits per heavy atom. The first kappa shape index (κ1) is 9.97.